The number of aliphatic hydroxyl groups excluding tert-OH is 1. The Kier molecular flexibility index (Phi) is 3.57. The third-order valence-corrected chi connectivity index (χ3v) is 2.91. The molecule has 2 heteroatoms. The van der Waals surface area contributed by atoms with Crippen LogP contribution in [0.3, 0.4) is 0 Å². The average Bonchev–Trinajstić information content (AvgIpc) is 2.38. The number of aryl methyl sites for hydroxylation is 1. The zero-order valence-corrected chi connectivity index (χ0v) is 9.88. The van der Waals surface area contributed by atoms with Crippen molar-refractivity contribution in [1.82, 2.24) is 0 Å². The van der Waals surface area contributed by atoms with Crippen molar-refractivity contribution >= 4 is 0 Å². The second-order valence-electron chi connectivity index (χ2n) is 4.30. The van der Waals surface area contributed by atoms with Crippen LogP contribution in [0.15, 0.2) is 54.6 Å². The van der Waals surface area contributed by atoms with Gasteiger partial charge in [0, 0.05) is 0 Å². The molecular weight excluding hydrogens is 210 g/mol. The second kappa shape index (κ2) is 5.13. The molecule has 0 amide bonds. The van der Waals surface area contributed by atoms with Gasteiger partial charge >= 0.3 is 0 Å². The van der Waals surface area contributed by atoms with Gasteiger partial charge in [-0.25, -0.2) is 0 Å². The van der Waals surface area contributed by atoms with E-state index in [0.717, 1.165) is 16.7 Å². The molecule has 0 saturated heterocycles. The van der Waals surface area contributed by atoms with Crippen LogP contribution in [0.25, 0.3) is 0 Å². The molecule has 0 aliphatic carbocycles. The molecule has 2 nitrogen and oxygen atoms in total. The molecule has 88 valence electrons. The number of nitrogens with two attached hydrogens (primary N) is 1. The van der Waals surface area contributed by atoms with Crippen molar-refractivity contribution in [2.24, 2.45) is 5.73 Å². The van der Waals surface area contributed by atoms with E-state index in [1.165, 1.54) is 0 Å². The molecule has 0 aliphatic rings. The summed E-state index contributed by atoms with van der Waals surface area (Å²) in [5, 5.41) is 10.2. The Hall–Kier alpha value is -1.64. The van der Waals surface area contributed by atoms with E-state index in [2.05, 4.69) is 0 Å². The van der Waals surface area contributed by atoms with Gasteiger partial charge in [-0.1, -0.05) is 60.2 Å². The molecule has 2 unspecified atom stereocenters. The maximum atomic E-state index is 10.2. The summed E-state index contributed by atoms with van der Waals surface area (Å²) in [5.74, 6) is 0. The molecule has 0 heterocycles. The minimum Gasteiger partial charge on any atom is -0.386 e. The van der Waals surface area contributed by atoms with Gasteiger partial charge in [-0.2, -0.15) is 0 Å². The smallest absolute Gasteiger partial charge is 0.0982 e. The van der Waals surface area contributed by atoms with E-state index in [1.807, 2.05) is 61.5 Å². The van der Waals surface area contributed by atoms with Crippen LogP contribution < -0.4 is 5.73 Å². The molecule has 0 radical (unpaired) electrons. The molecule has 2 aromatic rings. The molecule has 0 aromatic heterocycles. The number of hydrogen-bond donors (Lipinski definition) is 2. The lowest BCUT2D eigenvalue weighted by molar-refractivity contribution is 0.147. The lowest BCUT2D eigenvalue weighted by atomic mass is 9.96. The Labute approximate surface area is 102 Å². The first-order valence-electron chi connectivity index (χ1n) is 5.73. The largest absolute Gasteiger partial charge is 0.386 e. The summed E-state index contributed by atoms with van der Waals surface area (Å²) >= 11 is 0. The Morgan fingerprint density at radius 2 is 1.59 bits per heavy atom. The maximum Gasteiger partial charge on any atom is 0.0982 e. The summed E-state index contributed by atoms with van der Waals surface area (Å²) in [4.78, 5) is 0. The van der Waals surface area contributed by atoms with Crippen molar-refractivity contribution < 1.29 is 5.11 Å². The van der Waals surface area contributed by atoms with Crippen LogP contribution in [0.5, 0.6) is 0 Å². The number of rotatable bonds is 3. The van der Waals surface area contributed by atoms with Crippen LogP contribution in [0.1, 0.15) is 28.8 Å². The van der Waals surface area contributed by atoms with Crippen molar-refractivity contribution in [2.45, 2.75) is 19.1 Å². The molecule has 0 aliphatic heterocycles. The zero-order valence-electron chi connectivity index (χ0n) is 9.88. The van der Waals surface area contributed by atoms with Crippen LogP contribution in [0.2, 0.25) is 0 Å². The van der Waals surface area contributed by atoms with E-state index in [0.29, 0.717) is 0 Å². The molecule has 3 N–H and O–H groups in total. The fraction of sp³-hybridized carbons (Fsp3) is 0.200. The van der Waals surface area contributed by atoms with Gasteiger partial charge in [0.1, 0.15) is 0 Å². The highest BCUT2D eigenvalue weighted by Crippen LogP contribution is 2.26. The molecule has 0 bridgehead atoms. The van der Waals surface area contributed by atoms with Crippen molar-refractivity contribution in [3.05, 3.63) is 71.3 Å². The molecule has 0 spiro atoms. The minimum atomic E-state index is -0.669. The third-order valence-electron chi connectivity index (χ3n) is 2.91. The maximum absolute atomic E-state index is 10.2. The van der Waals surface area contributed by atoms with Crippen LogP contribution in [-0.4, -0.2) is 5.11 Å². The van der Waals surface area contributed by atoms with E-state index >= 15 is 0 Å². The summed E-state index contributed by atoms with van der Waals surface area (Å²) in [6.07, 6.45) is -0.669. The topological polar surface area (TPSA) is 46.2 Å². The number of hydrogen-bond acceptors (Lipinski definition) is 2. The average molecular weight is 227 g/mol. The van der Waals surface area contributed by atoms with E-state index < -0.39 is 12.1 Å². The summed E-state index contributed by atoms with van der Waals surface area (Å²) in [6, 6.07) is 17.1. The molecule has 0 fully saturated rings. The summed E-state index contributed by atoms with van der Waals surface area (Å²) in [5.41, 5.74) is 9.01. The standard InChI is InChI=1S/C15H17NO/c1-11-6-5-9-13(10-11)15(17)14(16)12-7-3-2-4-8-12/h2-10,14-15,17H,16H2,1H3. The number of aliphatic hydroxyl groups is 1. The number of benzene rings is 2. The van der Waals surface area contributed by atoms with Crippen LogP contribution in [0.4, 0.5) is 0 Å². The Morgan fingerprint density at radius 3 is 2.24 bits per heavy atom. The SMILES string of the molecule is Cc1cccc(C(O)C(N)c2ccccc2)c1. The molecule has 2 aromatic carbocycles. The molecular formula is C15H17NO. The summed E-state index contributed by atoms with van der Waals surface area (Å²) < 4.78 is 0. The van der Waals surface area contributed by atoms with Gasteiger partial charge in [-0.05, 0) is 18.1 Å². The van der Waals surface area contributed by atoms with E-state index in [1.54, 1.807) is 0 Å². The van der Waals surface area contributed by atoms with Gasteiger partial charge in [0.25, 0.3) is 0 Å². The quantitative estimate of drug-likeness (QED) is 0.847. The van der Waals surface area contributed by atoms with Crippen LogP contribution >= 0.6 is 0 Å². The van der Waals surface area contributed by atoms with Gasteiger partial charge in [0.05, 0.1) is 12.1 Å². The normalized spacial score (nSPS) is 14.3. The van der Waals surface area contributed by atoms with Gasteiger partial charge in [-0.15, -0.1) is 0 Å². The van der Waals surface area contributed by atoms with Crippen molar-refractivity contribution in [1.29, 1.82) is 0 Å². The van der Waals surface area contributed by atoms with Crippen LogP contribution in [-0.2, 0) is 0 Å². The van der Waals surface area contributed by atoms with Gasteiger partial charge in [0.15, 0.2) is 0 Å². The van der Waals surface area contributed by atoms with Crippen molar-refractivity contribution in [3.63, 3.8) is 0 Å². The highest BCUT2D eigenvalue weighted by molar-refractivity contribution is 5.28. The fourth-order valence-corrected chi connectivity index (χ4v) is 1.92. The zero-order chi connectivity index (χ0) is 12.3. The van der Waals surface area contributed by atoms with Gasteiger partial charge in [-0.3, -0.25) is 0 Å². The van der Waals surface area contributed by atoms with E-state index in [4.69, 9.17) is 5.73 Å². The lowest BCUT2D eigenvalue weighted by Crippen LogP contribution is -2.19. The Bertz CT molecular complexity index is 481. The summed E-state index contributed by atoms with van der Waals surface area (Å²) in [7, 11) is 0. The lowest BCUT2D eigenvalue weighted by Gasteiger charge is -2.19. The van der Waals surface area contributed by atoms with E-state index in [-0.39, 0.29) is 0 Å². The first kappa shape index (κ1) is 11.8. The predicted molar refractivity (Wildman–Crippen MR) is 69.5 cm³/mol. The molecule has 2 rings (SSSR count). The van der Waals surface area contributed by atoms with Crippen LogP contribution in [0, 0.1) is 6.92 Å². The Morgan fingerprint density at radius 1 is 0.941 bits per heavy atom. The summed E-state index contributed by atoms with van der Waals surface area (Å²) in [6.45, 7) is 2.00. The third kappa shape index (κ3) is 2.73. The first-order chi connectivity index (χ1) is 8.18. The highest BCUT2D eigenvalue weighted by atomic mass is 16.3. The highest BCUT2D eigenvalue weighted by Gasteiger charge is 2.18. The molecule has 17 heavy (non-hydrogen) atoms. The molecule has 2 atom stereocenters. The van der Waals surface area contributed by atoms with Crippen molar-refractivity contribution in [3.8, 4) is 0 Å². The van der Waals surface area contributed by atoms with E-state index in [9.17, 15) is 5.11 Å². The van der Waals surface area contributed by atoms with Gasteiger partial charge in [0.2, 0.25) is 0 Å². The van der Waals surface area contributed by atoms with Gasteiger partial charge < -0.3 is 10.8 Å². The second-order valence-corrected chi connectivity index (χ2v) is 4.30. The monoisotopic (exact) mass is 227 g/mol. The Balaban J connectivity index is 2.23. The van der Waals surface area contributed by atoms with Crippen molar-refractivity contribution in [2.75, 3.05) is 0 Å². The fourth-order valence-electron chi connectivity index (χ4n) is 1.92. The first-order valence-corrected chi connectivity index (χ1v) is 5.73. The predicted octanol–water partition coefficient (Wildman–Crippen LogP) is 2.73. The molecule has 0 saturated carbocycles. The minimum absolute atomic E-state index is 0.391.